The van der Waals surface area contributed by atoms with E-state index in [1.54, 1.807) is 13.3 Å². The molecular weight excluding hydrogens is 288 g/mol. The van der Waals surface area contributed by atoms with Crippen LogP contribution in [0.2, 0.25) is 5.02 Å². The number of pyridine rings is 2. The average Bonchev–Trinajstić information content (AvgIpc) is 2.91. The molecule has 3 heterocycles. The monoisotopic (exact) mass is 306 g/mol. The zero-order valence-corrected chi connectivity index (χ0v) is 12.8. The van der Waals surface area contributed by atoms with Gasteiger partial charge in [-0.25, -0.2) is 4.98 Å². The van der Waals surface area contributed by atoms with E-state index in [2.05, 4.69) is 14.9 Å². The number of aromatic nitrogens is 2. The number of hydrogen-bond acceptors (Lipinski definition) is 5. The molecule has 1 atom stereocenters. The Labute approximate surface area is 129 Å². The first kappa shape index (κ1) is 14.5. The second kappa shape index (κ2) is 6.13. The lowest BCUT2D eigenvalue weighted by molar-refractivity contribution is 0.339. The number of ether oxygens (including phenoxy) is 1. The van der Waals surface area contributed by atoms with Gasteiger partial charge in [0, 0.05) is 37.0 Å². The van der Waals surface area contributed by atoms with Crippen LogP contribution in [0.1, 0.15) is 12.0 Å². The topological polar surface area (TPSA) is 64.3 Å². The minimum Gasteiger partial charge on any atom is -0.481 e. The van der Waals surface area contributed by atoms with Crippen LogP contribution < -0.4 is 10.5 Å². The standard InChI is InChI=1S/C15H19ClN4O/c1-21-14-3-2-13-15(19-14)11(12(16)8-18-13)5-7-20-6-4-10(17)9-20/h2-3,8,10H,4-7,9,17H2,1H3. The van der Waals surface area contributed by atoms with Gasteiger partial charge in [0.2, 0.25) is 5.88 Å². The van der Waals surface area contributed by atoms with Crippen molar-refractivity contribution < 1.29 is 4.74 Å². The fourth-order valence-electron chi connectivity index (χ4n) is 2.76. The van der Waals surface area contributed by atoms with Gasteiger partial charge >= 0.3 is 0 Å². The van der Waals surface area contributed by atoms with E-state index in [9.17, 15) is 0 Å². The Hall–Kier alpha value is -1.43. The van der Waals surface area contributed by atoms with Crippen LogP contribution >= 0.6 is 11.6 Å². The van der Waals surface area contributed by atoms with Crippen molar-refractivity contribution in [3.63, 3.8) is 0 Å². The van der Waals surface area contributed by atoms with E-state index in [-0.39, 0.29) is 0 Å². The molecule has 21 heavy (non-hydrogen) atoms. The number of hydrogen-bond donors (Lipinski definition) is 1. The molecule has 5 nitrogen and oxygen atoms in total. The highest BCUT2D eigenvalue weighted by molar-refractivity contribution is 6.32. The van der Waals surface area contributed by atoms with Crippen molar-refractivity contribution in [1.82, 2.24) is 14.9 Å². The fraction of sp³-hybridized carbons (Fsp3) is 0.467. The van der Waals surface area contributed by atoms with Crippen molar-refractivity contribution in [2.45, 2.75) is 18.9 Å². The molecule has 1 aliphatic heterocycles. The third-order valence-corrected chi connectivity index (χ3v) is 4.26. The van der Waals surface area contributed by atoms with Crippen molar-refractivity contribution in [3.8, 4) is 5.88 Å². The zero-order chi connectivity index (χ0) is 14.8. The third kappa shape index (κ3) is 3.10. The van der Waals surface area contributed by atoms with E-state index in [0.29, 0.717) is 16.9 Å². The van der Waals surface area contributed by atoms with Crippen molar-refractivity contribution in [3.05, 3.63) is 28.9 Å². The van der Waals surface area contributed by atoms with Gasteiger partial charge in [0.25, 0.3) is 0 Å². The Morgan fingerprint density at radius 1 is 1.48 bits per heavy atom. The smallest absolute Gasteiger partial charge is 0.213 e. The van der Waals surface area contributed by atoms with Crippen LogP contribution in [0.4, 0.5) is 0 Å². The van der Waals surface area contributed by atoms with Crippen molar-refractivity contribution in [2.24, 2.45) is 5.73 Å². The molecule has 2 aromatic heterocycles. The third-order valence-electron chi connectivity index (χ3n) is 3.94. The zero-order valence-electron chi connectivity index (χ0n) is 12.1. The minimum absolute atomic E-state index is 0.299. The molecule has 0 aromatic carbocycles. The molecule has 1 unspecified atom stereocenters. The molecular formula is C15H19ClN4O. The molecule has 0 bridgehead atoms. The number of likely N-dealkylation sites (tertiary alicyclic amines) is 1. The predicted molar refractivity (Wildman–Crippen MR) is 83.8 cm³/mol. The van der Waals surface area contributed by atoms with E-state index in [1.807, 2.05) is 12.1 Å². The average molecular weight is 307 g/mol. The first-order valence-corrected chi connectivity index (χ1v) is 7.51. The largest absolute Gasteiger partial charge is 0.481 e. The molecule has 0 aliphatic carbocycles. The Morgan fingerprint density at radius 3 is 3.05 bits per heavy atom. The molecule has 3 rings (SSSR count). The van der Waals surface area contributed by atoms with Gasteiger partial charge in [0.05, 0.1) is 23.2 Å². The Balaban J connectivity index is 1.87. The summed E-state index contributed by atoms with van der Waals surface area (Å²) in [5.74, 6) is 0.580. The van der Waals surface area contributed by atoms with Crippen molar-refractivity contribution in [1.29, 1.82) is 0 Å². The summed E-state index contributed by atoms with van der Waals surface area (Å²) < 4.78 is 5.20. The summed E-state index contributed by atoms with van der Waals surface area (Å²) in [6.45, 7) is 2.95. The molecule has 0 spiro atoms. The summed E-state index contributed by atoms with van der Waals surface area (Å²) in [7, 11) is 1.61. The van der Waals surface area contributed by atoms with Crippen molar-refractivity contribution in [2.75, 3.05) is 26.7 Å². The second-order valence-electron chi connectivity index (χ2n) is 5.41. The van der Waals surface area contributed by atoms with Crippen LogP contribution in [0.5, 0.6) is 5.88 Å². The first-order chi connectivity index (χ1) is 10.2. The quantitative estimate of drug-likeness (QED) is 0.934. The Morgan fingerprint density at radius 2 is 2.33 bits per heavy atom. The Kier molecular flexibility index (Phi) is 4.24. The number of halogens is 1. The molecule has 6 heteroatoms. The van der Waals surface area contributed by atoms with E-state index >= 15 is 0 Å². The fourth-order valence-corrected chi connectivity index (χ4v) is 3.00. The van der Waals surface area contributed by atoms with Gasteiger partial charge in [0.15, 0.2) is 0 Å². The van der Waals surface area contributed by atoms with Crippen LogP contribution in [-0.4, -0.2) is 47.7 Å². The van der Waals surface area contributed by atoms with Gasteiger partial charge in [-0.3, -0.25) is 4.98 Å². The molecule has 1 saturated heterocycles. The van der Waals surface area contributed by atoms with Gasteiger partial charge in [-0.15, -0.1) is 0 Å². The first-order valence-electron chi connectivity index (χ1n) is 7.13. The lowest BCUT2D eigenvalue weighted by atomic mass is 10.1. The molecule has 2 aromatic rings. The maximum absolute atomic E-state index is 6.33. The lowest BCUT2D eigenvalue weighted by Gasteiger charge is -2.16. The van der Waals surface area contributed by atoms with Crippen LogP contribution in [-0.2, 0) is 6.42 Å². The normalized spacial score (nSPS) is 19.3. The Bertz CT molecular complexity index is 649. The van der Waals surface area contributed by atoms with Crippen LogP contribution in [0.15, 0.2) is 18.3 Å². The molecule has 2 N–H and O–H groups in total. The van der Waals surface area contributed by atoms with Crippen LogP contribution in [0.3, 0.4) is 0 Å². The number of nitrogens with two attached hydrogens (primary N) is 1. The minimum atomic E-state index is 0.299. The van der Waals surface area contributed by atoms with E-state index in [4.69, 9.17) is 22.1 Å². The summed E-state index contributed by atoms with van der Waals surface area (Å²) >= 11 is 6.33. The maximum Gasteiger partial charge on any atom is 0.213 e. The second-order valence-corrected chi connectivity index (χ2v) is 5.81. The number of nitrogens with zero attached hydrogens (tertiary/aromatic N) is 3. The van der Waals surface area contributed by atoms with Crippen LogP contribution in [0.25, 0.3) is 11.0 Å². The van der Waals surface area contributed by atoms with Gasteiger partial charge < -0.3 is 15.4 Å². The summed E-state index contributed by atoms with van der Waals surface area (Å²) in [4.78, 5) is 11.2. The number of methoxy groups -OCH3 is 1. The highest BCUT2D eigenvalue weighted by Gasteiger charge is 2.19. The lowest BCUT2D eigenvalue weighted by Crippen LogP contribution is -2.28. The molecule has 0 amide bonds. The molecule has 1 fully saturated rings. The van der Waals surface area contributed by atoms with E-state index in [1.165, 1.54) is 0 Å². The number of rotatable bonds is 4. The summed E-state index contributed by atoms with van der Waals surface area (Å²) in [6, 6.07) is 4.02. The predicted octanol–water partition coefficient (Wildman–Crippen LogP) is 1.87. The summed E-state index contributed by atoms with van der Waals surface area (Å²) in [5, 5.41) is 0.659. The van der Waals surface area contributed by atoms with Crippen molar-refractivity contribution >= 4 is 22.6 Å². The summed E-state index contributed by atoms with van der Waals surface area (Å²) in [6.07, 6.45) is 3.60. The molecule has 0 radical (unpaired) electrons. The van der Waals surface area contributed by atoms with E-state index in [0.717, 1.165) is 49.1 Å². The highest BCUT2D eigenvalue weighted by atomic mass is 35.5. The molecule has 112 valence electrons. The van der Waals surface area contributed by atoms with Gasteiger partial charge in [0.1, 0.15) is 0 Å². The molecule has 0 saturated carbocycles. The van der Waals surface area contributed by atoms with Gasteiger partial charge in [-0.05, 0) is 25.5 Å². The number of fused-ring (bicyclic) bond motifs is 1. The van der Waals surface area contributed by atoms with Gasteiger partial charge in [-0.1, -0.05) is 11.6 Å². The highest BCUT2D eigenvalue weighted by Crippen LogP contribution is 2.25. The van der Waals surface area contributed by atoms with E-state index < -0.39 is 0 Å². The maximum atomic E-state index is 6.33. The van der Waals surface area contributed by atoms with Crippen LogP contribution in [0, 0.1) is 0 Å². The van der Waals surface area contributed by atoms with Gasteiger partial charge in [-0.2, -0.15) is 0 Å². The summed E-state index contributed by atoms with van der Waals surface area (Å²) in [5.41, 5.74) is 8.64. The SMILES string of the molecule is COc1ccc2ncc(Cl)c(CCN3CCC(N)C3)c2n1. The molecule has 1 aliphatic rings.